The van der Waals surface area contributed by atoms with Gasteiger partial charge in [-0.3, -0.25) is 9.36 Å². The van der Waals surface area contributed by atoms with E-state index >= 15 is 0 Å². The summed E-state index contributed by atoms with van der Waals surface area (Å²) in [6, 6.07) is 0. The third kappa shape index (κ3) is 3.28. The first-order valence-electron chi connectivity index (χ1n) is 7.64. The van der Waals surface area contributed by atoms with E-state index in [-0.39, 0.29) is 0 Å². The van der Waals surface area contributed by atoms with Crippen LogP contribution in [-0.4, -0.2) is 57.4 Å². The highest BCUT2D eigenvalue weighted by Crippen LogP contribution is 2.23. The fourth-order valence-electron chi connectivity index (χ4n) is 2.82. The first-order valence-corrected chi connectivity index (χ1v) is 7.64. The maximum atomic E-state index is 5.45. The lowest BCUT2D eigenvalue weighted by Crippen LogP contribution is -2.38. The number of ether oxygens (including phenoxy) is 1. The molecule has 22 heavy (non-hydrogen) atoms. The molecular weight excluding hydrogens is 282 g/mol. The summed E-state index contributed by atoms with van der Waals surface area (Å²) in [5.74, 6) is 1.20. The van der Waals surface area contributed by atoms with E-state index in [1.165, 1.54) is 11.4 Å². The van der Waals surface area contributed by atoms with Gasteiger partial charge in [-0.1, -0.05) is 0 Å². The number of anilines is 1. The van der Waals surface area contributed by atoms with E-state index in [1.54, 1.807) is 12.7 Å². The molecule has 0 unspecified atom stereocenters. The largest absolute Gasteiger partial charge is 0.378 e. The highest BCUT2D eigenvalue weighted by molar-refractivity contribution is 5.50. The first-order chi connectivity index (χ1) is 10.8. The molecule has 2 aromatic heterocycles. The Balaban J connectivity index is 1.62. The molecule has 0 amide bonds. The number of aromatic nitrogens is 5. The van der Waals surface area contributed by atoms with Gasteiger partial charge >= 0.3 is 0 Å². The minimum atomic E-state index is 0.781. The van der Waals surface area contributed by atoms with Crippen molar-refractivity contribution in [1.82, 2.24) is 29.9 Å². The first kappa shape index (κ1) is 15.0. The average molecular weight is 305 g/mol. The summed E-state index contributed by atoms with van der Waals surface area (Å²) in [7, 11) is 2.01. The maximum Gasteiger partial charge on any atom is 0.137 e. The fourth-order valence-corrected chi connectivity index (χ4v) is 2.82. The monoisotopic (exact) mass is 305 g/mol. The summed E-state index contributed by atoms with van der Waals surface area (Å²) in [4.78, 5) is 6.30. The predicted octanol–water partition coefficient (Wildman–Crippen LogP) is -0.0536. The van der Waals surface area contributed by atoms with E-state index in [0.29, 0.717) is 0 Å². The van der Waals surface area contributed by atoms with Crippen LogP contribution in [0.2, 0.25) is 0 Å². The van der Waals surface area contributed by atoms with Crippen LogP contribution < -0.4 is 10.2 Å². The molecule has 0 spiro atoms. The van der Waals surface area contributed by atoms with Gasteiger partial charge in [0.1, 0.15) is 18.5 Å². The summed E-state index contributed by atoms with van der Waals surface area (Å²) in [5.41, 5.74) is 2.35. The van der Waals surface area contributed by atoms with Crippen LogP contribution in [0.25, 0.3) is 0 Å². The maximum absolute atomic E-state index is 5.45. The molecule has 3 heterocycles. The number of rotatable bonds is 6. The molecule has 0 aromatic carbocycles. The van der Waals surface area contributed by atoms with Crippen molar-refractivity contribution in [3.05, 3.63) is 23.9 Å². The standard InChI is InChI=1S/C14H23N7O/c1-12-13(9-15-3-4-21-11-16-10-17-21)14(19(2)18-12)20-5-7-22-8-6-20/h10-11,15H,3-9H2,1-2H3. The summed E-state index contributed by atoms with van der Waals surface area (Å²) >= 11 is 0. The van der Waals surface area contributed by atoms with Crippen molar-refractivity contribution >= 4 is 5.82 Å². The van der Waals surface area contributed by atoms with Crippen molar-refractivity contribution in [3.63, 3.8) is 0 Å². The zero-order chi connectivity index (χ0) is 15.4. The Morgan fingerprint density at radius 1 is 1.32 bits per heavy atom. The Morgan fingerprint density at radius 3 is 2.86 bits per heavy atom. The van der Waals surface area contributed by atoms with Gasteiger partial charge in [-0.25, -0.2) is 4.98 Å². The molecule has 1 saturated heterocycles. The smallest absolute Gasteiger partial charge is 0.137 e. The highest BCUT2D eigenvalue weighted by atomic mass is 16.5. The van der Waals surface area contributed by atoms with Gasteiger partial charge in [0.25, 0.3) is 0 Å². The summed E-state index contributed by atoms with van der Waals surface area (Å²) in [6.45, 7) is 7.94. The zero-order valence-electron chi connectivity index (χ0n) is 13.2. The normalized spacial score (nSPS) is 15.5. The number of hydrogen-bond acceptors (Lipinski definition) is 6. The van der Waals surface area contributed by atoms with Crippen LogP contribution in [0.15, 0.2) is 12.7 Å². The molecule has 0 saturated carbocycles. The van der Waals surface area contributed by atoms with E-state index in [4.69, 9.17) is 4.74 Å². The van der Waals surface area contributed by atoms with Crippen molar-refractivity contribution in [2.24, 2.45) is 7.05 Å². The van der Waals surface area contributed by atoms with Crippen molar-refractivity contribution in [1.29, 1.82) is 0 Å². The van der Waals surface area contributed by atoms with Crippen LogP contribution in [0.1, 0.15) is 11.3 Å². The molecule has 1 N–H and O–H groups in total. The Bertz CT molecular complexity index is 587. The second-order valence-corrected chi connectivity index (χ2v) is 5.45. The van der Waals surface area contributed by atoms with Gasteiger partial charge in [0.2, 0.25) is 0 Å². The molecule has 0 atom stereocenters. The fraction of sp³-hybridized carbons (Fsp3) is 0.643. The molecule has 0 bridgehead atoms. The summed E-state index contributed by atoms with van der Waals surface area (Å²) in [6.07, 6.45) is 3.29. The Kier molecular flexibility index (Phi) is 4.69. The molecule has 1 fully saturated rings. The molecule has 8 nitrogen and oxygen atoms in total. The molecule has 1 aliphatic rings. The number of morpholine rings is 1. The summed E-state index contributed by atoms with van der Waals surface area (Å²) < 4.78 is 9.25. The lowest BCUT2D eigenvalue weighted by atomic mass is 10.2. The molecule has 3 rings (SSSR count). The van der Waals surface area contributed by atoms with Crippen LogP contribution in [-0.2, 0) is 24.9 Å². The van der Waals surface area contributed by atoms with Gasteiger partial charge in [-0.05, 0) is 6.92 Å². The van der Waals surface area contributed by atoms with Crippen LogP contribution in [0.3, 0.4) is 0 Å². The van der Waals surface area contributed by atoms with Crippen molar-refractivity contribution in [3.8, 4) is 0 Å². The molecule has 0 radical (unpaired) electrons. The predicted molar refractivity (Wildman–Crippen MR) is 82.7 cm³/mol. The SMILES string of the molecule is Cc1nn(C)c(N2CCOCC2)c1CNCCn1cncn1. The highest BCUT2D eigenvalue weighted by Gasteiger charge is 2.20. The van der Waals surface area contributed by atoms with Gasteiger partial charge in [0, 0.05) is 38.8 Å². The van der Waals surface area contributed by atoms with Gasteiger partial charge in [-0.15, -0.1) is 0 Å². The van der Waals surface area contributed by atoms with Crippen LogP contribution in [0, 0.1) is 6.92 Å². The van der Waals surface area contributed by atoms with E-state index in [1.807, 2.05) is 16.4 Å². The minimum Gasteiger partial charge on any atom is -0.378 e. The van der Waals surface area contributed by atoms with Crippen molar-refractivity contribution in [2.75, 3.05) is 37.7 Å². The average Bonchev–Trinajstić information content (AvgIpc) is 3.13. The third-order valence-corrected chi connectivity index (χ3v) is 3.91. The molecular formula is C14H23N7O. The van der Waals surface area contributed by atoms with Crippen LogP contribution in [0.4, 0.5) is 5.82 Å². The van der Waals surface area contributed by atoms with Gasteiger partial charge in [0.05, 0.1) is 25.5 Å². The molecule has 1 aliphatic heterocycles. The van der Waals surface area contributed by atoms with E-state index in [2.05, 4.69) is 32.3 Å². The van der Waals surface area contributed by atoms with Crippen molar-refractivity contribution in [2.45, 2.75) is 20.0 Å². The number of nitrogens with zero attached hydrogens (tertiary/aromatic N) is 6. The van der Waals surface area contributed by atoms with Gasteiger partial charge in [0.15, 0.2) is 0 Å². The van der Waals surface area contributed by atoms with Crippen molar-refractivity contribution < 1.29 is 4.74 Å². The van der Waals surface area contributed by atoms with E-state index in [9.17, 15) is 0 Å². The van der Waals surface area contributed by atoms with E-state index in [0.717, 1.165) is 51.6 Å². The summed E-state index contributed by atoms with van der Waals surface area (Å²) in [5, 5.41) is 12.2. The Hall–Kier alpha value is -1.93. The van der Waals surface area contributed by atoms with Gasteiger partial charge in [-0.2, -0.15) is 10.2 Å². The quantitative estimate of drug-likeness (QED) is 0.754. The number of aryl methyl sites for hydroxylation is 2. The Morgan fingerprint density at radius 2 is 2.14 bits per heavy atom. The van der Waals surface area contributed by atoms with Crippen LogP contribution >= 0.6 is 0 Å². The Labute approximate surface area is 130 Å². The molecule has 120 valence electrons. The van der Waals surface area contributed by atoms with Crippen LogP contribution in [0.5, 0.6) is 0 Å². The van der Waals surface area contributed by atoms with Gasteiger partial charge < -0.3 is 15.0 Å². The number of nitrogens with one attached hydrogen (secondary N) is 1. The second kappa shape index (κ2) is 6.89. The second-order valence-electron chi connectivity index (χ2n) is 5.45. The molecule has 8 heteroatoms. The molecule has 2 aromatic rings. The molecule has 0 aliphatic carbocycles. The number of hydrogen-bond donors (Lipinski definition) is 1. The lowest BCUT2D eigenvalue weighted by Gasteiger charge is -2.29. The van der Waals surface area contributed by atoms with E-state index < -0.39 is 0 Å². The third-order valence-electron chi connectivity index (χ3n) is 3.91. The lowest BCUT2D eigenvalue weighted by molar-refractivity contribution is 0.122. The zero-order valence-corrected chi connectivity index (χ0v) is 13.2. The minimum absolute atomic E-state index is 0.781. The topological polar surface area (TPSA) is 73.0 Å².